The van der Waals surface area contributed by atoms with Gasteiger partial charge in [-0.2, -0.15) is 0 Å². The number of allylic oxidation sites excluding steroid dienone is 2. The molecule has 1 aliphatic carbocycles. The minimum atomic E-state index is -0.124. The van der Waals surface area contributed by atoms with Crippen LogP contribution in [0.15, 0.2) is 79.4 Å². The lowest BCUT2D eigenvalue weighted by Crippen LogP contribution is -2.32. The molecule has 0 spiro atoms. The quantitative estimate of drug-likeness (QED) is 0.525. The Bertz CT molecular complexity index is 1180. The minimum Gasteiger partial charge on any atom is -0.508 e. The monoisotopic (exact) mass is 396 g/mol. The third-order valence-electron chi connectivity index (χ3n) is 6.31. The van der Waals surface area contributed by atoms with Gasteiger partial charge in [0.1, 0.15) is 5.75 Å². The van der Waals surface area contributed by atoms with Gasteiger partial charge in [-0.25, -0.2) is 0 Å². The van der Waals surface area contributed by atoms with Gasteiger partial charge in [-0.3, -0.25) is 4.79 Å². The molecule has 0 saturated carbocycles. The van der Waals surface area contributed by atoms with E-state index >= 15 is 0 Å². The maximum atomic E-state index is 12.8. The van der Waals surface area contributed by atoms with Crippen molar-refractivity contribution in [3.8, 4) is 5.75 Å². The summed E-state index contributed by atoms with van der Waals surface area (Å²) < 4.78 is 0. The number of anilines is 1. The molecule has 3 aromatic rings. The van der Waals surface area contributed by atoms with Crippen LogP contribution in [0.4, 0.5) is 5.69 Å². The van der Waals surface area contributed by atoms with E-state index in [0.717, 1.165) is 34.0 Å². The molecule has 1 heterocycles. The zero-order valence-electron chi connectivity index (χ0n) is 16.6. The van der Waals surface area contributed by atoms with Crippen LogP contribution in [0, 0.1) is 5.92 Å². The van der Waals surface area contributed by atoms with Crippen molar-refractivity contribution in [2.75, 3.05) is 11.9 Å². The van der Waals surface area contributed by atoms with Crippen LogP contribution in [-0.2, 0) is 0 Å². The molecule has 1 amide bonds. The molecule has 5 rings (SSSR count). The first-order chi connectivity index (χ1) is 14.7. The number of aromatic hydroxyl groups is 1. The number of carbonyl (C=O) groups excluding carboxylic acids is 1. The van der Waals surface area contributed by atoms with Crippen molar-refractivity contribution >= 4 is 22.4 Å². The SMILES string of the molecule is C=CCNC(=O)c1cccc2c1NC(c1c(O)ccc3ccccc13)C1CC=CC21. The minimum absolute atomic E-state index is 0.100. The zero-order valence-corrected chi connectivity index (χ0v) is 16.6. The van der Waals surface area contributed by atoms with Gasteiger partial charge in [0, 0.05) is 18.0 Å². The Balaban J connectivity index is 1.66. The van der Waals surface area contributed by atoms with E-state index in [2.05, 4.69) is 47.6 Å². The van der Waals surface area contributed by atoms with Gasteiger partial charge in [0.2, 0.25) is 0 Å². The first-order valence-corrected chi connectivity index (χ1v) is 10.3. The van der Waals surface area contributed by atoms with Crippen molar-refractivity contribution in [1.29, 1.82) is 0 Å². The Kier molecular flexibility index (Phi) is 4.55. The van der Waals surface area contributed by atoms with Crippen molar-refractivity contribution in [3.63, 3.8) is 0 Å². The summed E-state index contributed by atoms with van der Waals surface area (Å²) in [6, 6.07) is 17.6. The molecule has 2 aliphatic rings. The molecule has 0 bridgehead atoms. The van der Waals surface area contributed by atoms with Gasteiger partial charge < -0.3 is 15.7 Å². The average molecular weight is 396 g/mol. The summed E-state index contributed by atoms with van der Waals surface area (Å²) in [6.45, 7) is 4.10. The van der Waals surface area contributed by atoms with Crippen LogP contribution in [0.25, 0.3) is 10.8 Å². The van der Waals surface area contributed by atoms with Crippen molar-refractivity contribution in [1.82, 2.24) is 5.32 Å². The number of phenols is 1. The predicted molar refractivity (Wildman–Crippen MR) is 121 cm³/mol. The summed E-state index contributed by atoms with van der Waals surface area (Å²) in [5, 5.41) is 19.6. The topological polar surface area (TPSA) is 61.4 Å². The number of para-hydroxylation sites is 1. The molecule has 1 aliphatic heterocycles. The molecule has 0 saturated heterocycles. The largest absolute Gasteiger partial charge is 0.508 e. The Morgan fingerprint density at radius 3 is 2.90 bits per heavy atom. The fourth-order valence-corrected chi connectivity index (χ4v) is 4.97. The lowest BCUT2D eigenvalue weighted by atomic mass is 9.75. The van der Waals surface area contributed by atoms with Crippen molar-refractivity contribution in [3.05, 3.63) is 96.1 Å². The van der Waals surface area contributed by atoms with E-state index in [9.17, 15) is 9.90 Å². The normalized spacial score (nSPS) is 21.5. The summed E-state index contributed by atoms with van der Waals surface area (Å²) in [6.07, 6.45) is 7.06. The molecular weight excluding hydrogens is 372 g/mol. The number of benzene rings is 3. The highest BCUT2D eigenvalue weighted by Crippen LogP contribution is 2.52. The molecule has 0 radical (unpaired) electrons. The molecule has 3 N–H and O–H groups in total. The predicted octanol–water partition coefficient (Wildman–Crippen LogP) is 5.29. The highest BCUT2D eigenvalue weighted by atomic mass is 16.3. The maximum absolute atomic E-state index is 12.8. The summed E-state index contributed by atoms with van der Waals surface area (Å²) >= 11 is 0. The van der Waals surface area contributed by atoms with E-state index in [-0.39, 0.29) is 29.5 Å². The van der Waals surface area contributed by atoms with Crippen molar-refractivity contribution in [2.45, 2.75) is 18.4 Å². The van der Waals surface area contributed by atoms with E-state index in [1.54, 1.807) is 12.1 Å². The van der Waals surface area contributed by atoms with Crippen molar-refractivity contribution in [2.24, 2.45) is 5.92 Å². The van der Waals surface area contributed by atoms with Crippen LogP contribution in [0.2, 0.25) is 0 Å². The lowest BCUT2D eigenvalue weighted by molar-refractivity contribution is 0.0958. The zero-order chi connectivity index (χ0) is 20.7. The fraction of sp³-hybridized carbons (Fsp3) is 0.192. The Morgan fingerprint density at radius 2 is 2.03 bits per heavy atom. The van der Waals surface area contributed by atoms with Gasteiger partial charge in [-0.05, 0) is 40.8 Å². The number of nitrogens with one attached hydrogen (secondary N) is 2. The van der Waals surface area contributed by atoms with Crippen LogP contribution in [0.1, 0.15) is 39.9 Å². The summed E-state index contributed by atoms with van der Waals surface area (Å²) in [5.41, 5.74) is 3.51. The molecule has 30 heavy (non-hydrogen) atoms. The Morgan fingerprint density at radius 1 is 1.17 bits per heavy atom. The number of hydrogen-bond donors (Lipinski definition) is 3. The van der Waals surface area contributed by atoms with Crippen molar-refractivity contribution < 1.29 is 9.90 Å². The number of amides is 1. The second-order valence-corrected chi connectivity index (χ2v) is 7.96. The number of hydrogen-bond acceptors (Lipinski definition) is 3. The molecular formula is C26H24N2O2. The van der Waals surface area contributed by atoms with Gasteiger partial charge >= 0.3 is 0 Å². The standard InChI is InChI=1S/C26H24N2O2/c1-2-15-27-26(30)21-12-6-10-19-18-9-5-11-20(18)25(28-24(19)21)23-17-8-4-3-7-16(17)13-14-22(23)29/h2-10,12-14,18,20,25,28-29H,1,11,15H2,(H,27,30). The average Bonchev–Trinajstić information content (AvgIpc) is 3.27. The third-order valence-corrected chi connectivity index (χ3v) is 6.31. The molecule has 4 heteroatoms. The lowest BCUT2D eigenvalue weighted by Gasteiger charge is -2.39. The van der Waals surface area contributed by atoms with Gasteiger partial charge in [-0.1, -0.05) is 60.7 Å². The van der Waals surface area contributed by atoms with Crippen LogP contribution >= 0.6 is 0 Å². The van der Waals surface area contributed by atoms with E-state index in [4.69, 9.17) is 0 Å². The summed E-state index contributed by atoms with van der Waals surface area (Å²) in [5.74, 6) is 0.645. The molecule has 3 atom stereocenters. The van der Waals surface area contributed by atoms with E-state index in [0.29, 0.717) is 12.1 Å². The van der Waals surface area contributed by atoms with Crippen LogP contribution in [0.5, 0.6) is 5.75 Å². The smallest absolute Gasteiger partial charge is 0.253 e. The highest BCUT2D eigenvalue weighted by Gasteiger charge is 2.40. The maximum Gasteiger partial charge on any atom is 0.253 e. The molecule has 4 nitrogen and oxygen atoms in total. The fourth-order valence-electron chi connectivity index (χ4n) is 4.97. The van der Waals surface area contributed by atoms with Gasteiger partial charge in [-0.15, -0.1) is 6.58 Å². The first kappa shape index (κ1) is 18.5. The Labute approximate surface area is 175 Å². The molecule has 3 aromatic carbocycles. The summed E-state index contributed by atoms with van der Waals surface area (Å²) in [7, 11) is 0. The molecule has 0 aromatic heterocycles. The van der Waals surface area contributed by atoms with Gasteiger partial charge in [0.15, 0.2) is 0 Å². The molecule has 0 fully saturated rings. The number of phenolic OH excluding ortho intramolecular Hbond substituents is 1. The number of carbonyl (C=O) groups is 1. The van der Waals surface area contributed by atoms with E-state index in [1.165, 1.54) is 0 Å². The second-order valence-electron chi connectivity index (χ2n) is 7.96. The van der Waals surface area contributed by atoms with E-state index < -0.39 is 0 Å². The van der Waals surface area contributed by atoms with Gasteiger partial charge in [0.25, 0.3) is 5.91 Å². The second kappa shape index (κ2) is 7.38. The highest BCUT2D eigenvalue weighted by molar-refractivity contribution is 6.01. The Hall–Kier alpha value is -3.53. The van der Waals surface area contributed by atoms with E-state index in [1.807, 2.05) is 30.3 Å². The number of fused-ring (bicyclic) bond motifs is 4. The summed E-state index contributed by atoms with van der Waals surface area (Å²) in [4.78, 5) is 12.8. The molecule has 150 valence electrons. The van der Waals surface area contributed by atoms with Crippen LogP contribution < -0.4 is 10.6 Å². The first-order valence-electron chi connectivity index (χ1n) is 10.3. The molecule has 3 unspecified atom stereocenters. The van der Waals surface area contributed by atoms with Crippen LogP contribution in [0.3, 0.4) is 0 Å². The number of rotatable bonds is 4. The van der Waals surface area contributed by atoms with Gasteiger partial charge in [0.05, 0.1) is 17.3 Å². The third kappa shape index (κ3) is 2.88. The van der Waals surface area contributed by atoms with Crippen LogP contribution in [-0.4, -0.2) is 17.6 Å².